The van der Waals surface area contributed by atoms with Gasteiger partial charge in [-0.1, -0.05) is 0 Å². The molecule has 1 amide bonds. The van der Waals surface area contributed by atoms with Crippen molar-refractivity contribution in [1.29, 1.82) is 0 Å². The number of hydrogen-bond acceptors (Lipinski definition) is 4. The Hall–Kier alpha value is -2.37. The number of carbonyl (C=O) groups excluding carboxylic acids is 1. The maximum Gasteiger partial charge on any atom is 0.253 e. The molecule has 0 fully saturated rings. The van der Waals surface area contributed by atoms with Crippen LogP contribution < -0.4 is 11.1 Å². The number of aromatic nitrogens is 3. The fourth-order valence-corrected chi connectivity index (χ4v) is 1.87. The molecule has 0 bridgehead atoms. The molecule has 0 aliphatic rings. The number of anilines is 1. The Kier molecular flexibility index (Phi) is 3.50. The average Bonchev–Trinajstić information content (AvgIpc) is 2.68. The van der Waals surface area contributed by atoms with Gasteiger partial charge in [-0.25, -0.2) is 0 Å². The summed E-state index contributed by atoms with van der Waals surface area (Å²) in [6.45, 7) is 4.13. The highest BCUT2D eigenvalue weighted by molar-refractivity contribution is 5.95. The van der Waals surface area contributed by atoms with E-state index in [4.69, 9.17) is 5.73 Å². The van der Waals surface area contributed by atoms with Crippen LogP contribution in [0, 0.1) is 13.8 Å². The van der Waals surface area contributed by atoms with Crippen LogP contribution in [0.5, 0.6) is 0 Å². The molecule has 0 atom stereocenters. The molecule has 0 spiro atoms. The van der Waals surface area contributed by atoms with Gasteiger partial charge in [-0.3, -0.25) is 14.5 Å². The normalized spacial score (nSPS) is 10.5. The summed E-state index contributed by atoms with van der Waals surface area (Å²) in [7, 11) is 1.85. The smallest absolute Gasteiger partial charge is 0.253 e. The summed E-state index contributed by atoms with van der Waals surface area (Å²) in [4.78, 5) is 16.1. The molecule has 100 valence electrons. The number of hydrogen-bond donors (Lipinski definition) is 2. The lowest BCUT2D eigenvalue weighted by Crippen LogP contribution is -2.24. The molecule has 0 saturated carbocycles. The lowest BCUT2D eigenvalue weighted by atomic mass is 10.1. The fraction of sp³-hybridized carbons (Fsp3) is 0.308. The second kappa shape index (κ2) is 5.09. The van der Waals surface area contributed by atoms with Gasteiger partial charge in [0.1, 0.15) is 0 Å². The first-order valence-corrected chi connectivity index (χ1v) is 5.97. The molecule has 0 aromatic carbocycles. The van der Waals surface area contributed by atoms with Gasteiger partial charge in [0.25, 0.3) is 5.91 Å². The number of nitrogen functional groups attached to an aromatic ring is 1. The van der Waals surface area contributed by atoms with Crippen LogP contribution in [0.1, 0.15) is 27.3 Å². The van der Waals surface area contributed by atoms with Crippen LogP contribution in [-0.2, 0) is 13.6 Å². The molecule has 3 N–H and O–H groups in total. The van der Waals surface area contributed by atoms with Crippen molar-refractivity contribution >= 4 is 11.6 Å². The van der Waals surface area contributed by atoms with Gasteiger partial charge in [0.05, 0.1) is 28.8 Å². The predicted octanol–water partition coefficient (Wildman–Crippen LogP) is 0.944. The zero-order chi connectivity index (χ0) is 14.0. The first-order valence-electron chi connectivity index (χ1n) is 5.97. The second-order valence-electron chi connectivity index (χ2n) is 4.50. The first kappa shape index (κ1) is 13.1. The Balaban J connectivity index is 2.09. The predicted molar refractivity (Wildman–Crippen MR) is 72.5 cm³/mol. The van der Waals surface area contributed by atoms with Crippen LogP contribution in [-0.4, -0.2) is 20.7 Å². The number of aryl methyl sites for hydroxylation is 3. The molecule has 0 aliphatic heterocycles. The molecule has 0 radical (unpaired) electrons. The van der Waals surface area contributed by atoms with Crippen LogP contribution in [0.15, 0.2) is 18.5 Å². The Morgan fingerprint density at radius 1 is 1.42 bits per heavy atom. The van der Waals surface area contributed by atoms with Crippen LogP contribution in [0.2, 0.25) is 0 Å². The van der Waals surface area contributed by atoms with Crippen molar-refractivity contribution in [2.45, 2.75) is 20.4 Å². The molecular weight excluding hydrogens is 242 g/mol. The maximum absolute atomic E-state index is 12.1. The lowest BCUT2D eigenvalue weighted by molar-refractivity contribution is 0.0950. The molecule has 2 aromatic heterocycles. The van der Waals surface area contributed by atoms with E-state index in [9.17, 15) is 4.79 Å². The molecule has 19 heavy (non-hydrogen) atoms. The van der Waals surface area contributed by atoms with E-state index in [-0.39, 0.29) is 5.91 Å². The zero-order valence-electron chi connectivity index (χ0n) is 11.3. The molecular formula is C13H17N5O. The van der Waals surface area contributed by atoms with E-state index in [2.05, 4.69) is 15.4 Å². The van der Waals surface area contributed by atoms with E-state index in [1.165, 1.54) is 6.20 Å². The highest BCUT2D eigenvalue weighted by Crippen LogP contribution is 2.10. The number of amides is 1. The van der Waals surface area contributed by atoms with Gasteiger partial charge in [0.15, 0.2) is 0 Å². The Morgan fingerprint density at radius 2 is 2.16 bits per heavy atom. The summed E-state index contributed by atoms with van der Waals surface area (Å²) >= 11 is 0. The maximum atomic E-state index is 12.1. The van der Waals surface area contributed by atoms with Crippen molar-refractivity contribution < 1.29 is 4.79 Å². The third-order valence-corrected chi connectivity index (χ3v) is 2.91. The number of carbonyl (C=O) groups is 1. The van der Waals surface area contributed by atoms with Gasteiger partial charge in [-0.15, -0.1) is 0 Å². The number of nitrogens with zero attached hydrogens (tertiary/aromatic N) is 3. The molecule has 0 saturated heterocycles. The van der Waals surface area contributed by atoms with Crippen LogP contribution in [0.25, 0.3) is 0 Å². The summed E-state index contributed by atoms with van der Waals surface area (Å²) in [5.41, 5.74) is 9.19. The number of pyridine rings is 1. The molecule has 2 rings (SSSR count). The van der Waals surface area contributed by atoms with Crippen molar-refractivity contribution in [2.75, 3.05) is 5.73 Å². The Bertz CT molecular complexity index is 617. The molecule has 2 heterocycles. The molecule has 6 nitrogen and oxygen atoms in total. The topological polar surface area (TPSA) is 85.8 Å². The third-order valence-electron chi connectivity index (χ3n) is 2.91. The molecule has 0 aliphatic carbocycles. The van der Waals surface area contributed by atoms with Gasteiger partial charge in [0, 0.05) is 25.4 Å². The molecule has 6 heteroatoms. The van der Waals surface area contributed by atoms with Gasteiger partial charge < -0.3 is 11.1 Å². The van der Waals surface area contributed by atoms with Gasteiger partial charge in [0.2, 0.25) is 0 Å². The third kappa shape index (κ3) is 2.90. The molecule has 2 aromatic rings. The van der Waals surface area contributed by atoms with Crippen molar-refractivity contribution in [1.82, 2.24) is 20.1 Å². The van der Waals surface area contributed by atoms with Crippen LogP contribution in [0.3, 0.4) is 0 Å². The largest absolute Gasteiger partial charge is 0.397 e. The second-order valence-corrected chi connectivity index (χ2v) is 4.50. The minimum Gasteiger partial charge on any atom is -0.397 e. The first-order chi connectivity index (χ1) is 8.97. The van der Waals surface area contributed by atoms with E-state index in [0.717, 1.165) is 11.3 Å². The average molecular weight is 259 g/mol. The monoisotopic (exact) mass is 259 g/mol. The van der Waals surface area contributed by atoms with E-state index < -0.39 is 0 Å². The number of rotatable bonds is 3. The molecule has 0 unspecified atom stereocenters. The van der Waals surface area contributed by atoms with Crippen molar-refractivity contribution in [3.63, 3.8) is 0 Å². The van der Waals surface area contributed by atoms with Crippen LogP contribution >= 0.6 is 0 Å². The zero-order valence-corrected chi connectivity index (χ0v) is 11.3. The highest BCUT2D eigenvalue weighted by Gasteiger charge is 2.11. The summed E-state index contributed by atoms with van der Waals surface area (Å²) < 4.78 is 1.73. The Labute approximate surface area is 111 Å². The Morgan fingerprint density at radius 3 is 2.79 bits per heavy atom. The summed E-state index contributed by atoms with van der Waals surface area (Å²) in [6, 6.07) is 1.63. The van der Waals surface area contributed by atoms with Gasteiger partial charge in [-0.2, -0.15) is 5.10 Å². The fourth-order valence-electron chi connectivity index (χ4n) is 1.87. The highest BCUT2D eigenvalue weighted by atomic mass is 16.1. The van der Waals surface area contributed by atoms with Crippen molar-refractivity contribution in [3.8, 4) is 0 Å². The van der Waals surface area contributed by atoms with E-state index in [1.807, 2.05) is 20.2 Å². The van der Waals surface area contributed by atoms with Crippen molar-refractivity contribution in [3.05, 3.63) is 41.0 Å². The summed E-state index contributed by atoms with van der Waals surface area (Å²) in [5, 5.41) is 7.08. The van der Waals surface area contributed by atoms with Crippen LogP contribution in [0.4, 0.5) is 5.69 Å². The quantitative estimate of drug-likeness (QED) is 0.859. The van der Waals surface area contributed by atoms with E-state index in [1.54, 1.807) is 17.7 Å². The minimum absolute atomic E-state index is 0.180. The van der Waals surface area contributed by atoms with Gasteiger partial charge in [-0.05, 0) is 19.9 Å². The standard InChI is InChI=1S/C13H17N5O/c1-8-10(7-18(3)17-8)5-16-13(19)12-4-11(14)6-15-9(12)2/h4,6-7H,5,14H2,1-3H3,(H,16,19). The number of nitrogens with two attached hydrogens (primary N) is 1. The van der Waals surface area contributed by atoms with E-state index in [0.29, 0.717) is 23.5 Å². The SMILES string of the molecule is Cc1nn(C)cc1CNC(=O)c1cc(N)cnc1C. The minimum atomic E-state index is -0.180. The van der Waals surface area contributed by atoms with Crippen molar-refractivity contribution in [2.24, 2.45) is 7.05 Å². The lowest BCUT2D eigenvalue weighted by Gasteiger charge is -2.07. The summed E-state index contributed by atoms with van der Waals surface area (Å²) in [6.07, 6.45) is 3.43. The summed E-state index contributed by atoms with van der Waals surface area (Å²) in [5.74, 6) is -0.180. The van der Waals surface area contributed by atoms with E-state index >= 15 is 0 Å². The number of nitrogens with one attached hydrogen (secondary N) is 1. The van der Waals surface area contributed by atoms with Gasteiger partial charge >= 0.3 is 0 Å².